The lowest BCUT2D eigenvalue weighted by atomic mass is 9.90. The highest BCUT2D eigenvalue weighted by Gasteiger charge is 2.54. The standard InChI is InChI=1S/C21H18N4O3S/c1-12-18-19(25(24-12)13-6-4-3-5-7-13)23-17(26)11-29-21(18)15-10-14(28-2)8-9-16(15)22-20(21)27/h3-10H,11H2,1-2H3,(H,22,27)(H,23,26). The summed E-state index contributed by atoms with van der Waals surface area (Å²) in [4.78, 5) is 26.0. The van der Waals surface area contributed by atoms with E-state index in [0.717, 1.165) is 16.9 Å². The van der Waals surface area contributed by atoms with Crippen LogP contribution >= 0.6 is 11.8 Å². The maximum Gasteiger partial charge on any atom is 0.250 e. The number of carbonyl (C=O) groups excluding carboxylic acids is 2. The van der Waals surface area contributed by atoms with E-state index in [1.807, 2.05) is 55.5 Å². The fourth-order valence-corrected chi connectivity index (χ4v) is 5.32. The predicted octanol–water partition coefficient (Wildman–Crippen LogP) is 3.07. The Kier molecular flexibility index (Phi) is 3.92. The topological polar surface area (TPSA) is 85.2 Å². The molecule has 1 atom stereocenters. The third-order valence-electron chi connectivity index (χ3n) is 5.26. The van der Waals surface area contributed by atoms with Crippen molar-refractivity contribution in [2.75, 3.05) is 23.5 Å². The average molecular weight is 406 g/mol. The number of rotatable bonds is 2. The number of para-hydroxylation sites is 1. The molecule has 3 heterocycles. The van der Waals surface area contributed by atoms with Gasteiger partial charge in [0.1, 0.15) is 11.6 Å². The third-order valence-corrected chi connectivity index (χ3v) is 6.71. The second-order valence-corrected chi connectivity index (χ2v) is 8.13. The van der Waals surface area contributed by atoms with Gasteiger partial charge in [-0.2, -0.15) is 5.10 Å². The highest BCUT2D eigenvalue weighted by molar-refractivity contribution is 8.01. The Morgan fingerprint density at radius 1 is 1.14 bits per heavy atom. The second kappa shape index (κ2) is 6.38. The van der Waals surface area contributed by atoms with Gasteiger partial charge in [0.2, 0.25) is 11.8 Å². The van der Waals surface area contributed by atoms with Crippen LogP contribution in [0.2, 0.25) is 0 Å². The number of methoxy groups -OCH3 is 1. The number of carbonyl (C=O) groups is 2. The number of thioether (sulfide) groups is 1. The molecule has 7 nitrogen and oxygen atoms in total. The summed E-state index contributed by atoms with van der Waals surface area (Å²) in [7, 11) is 1.59. The number of benzene rings is 2. The molecule has 29 heavy (non-hydrogen) atoms. The quantitative estimate of drug-likeness (QED) is 0.683. The number of amides is 2. The molecule has 0 bridgehead atoms. The van der Waals surface area contributed by atoms with Crippen LogP contribution < -0.4 is 15.4 Å². The van der Waals surface area contributed by atoms with Gasteiger partial charge >= 0.3 is 0 Å². The minimum atomic E-state index is -1.09. The number of nitrogens with zero attached hydrogens (tertiary/aromatic N) is 2. The SMILES string of the molecule is COc1ccc2c(c1)C1(SCC(=O)Nc3c1c(C)nn3-c1ccccc1)C(=O)N2. The van der Waals surface area contributed by atoms with Gasteiger partial charge in [-0.15, -0.1) is 11.8 Å². The summed E-state index contributed by atoms with van der Waals surface area (Å²) in [6.07, 6.45) is 0. The van der Waals surface area contributed by atoms with E-state index in [1.165, 1.54) is 11.8 Å². The molecule has 0 radical (unpaired) electrons. The predicted molar refractivity (Wildman–Crippen MR) is 112 cm³/mol. The number of nitrogens with one attached hydrogen (secondary N) is 2. The summed E-state index contributed by atoms with van der Waals surface area (Å²) in [5.41, 5.74) is 3.69. The van der Waals surface area contributed by atoms with Gasteiger partial charge in [-0.3, -0.25) is 9.59 Å². The van der Waals surface area contributed by atoms with Gasteiger partial charge in [0.05, 0.1) is 24.2 Å². The molecule has 2 aliphatic heterocycles. The highest BCUT2D eigenvalue weighted by Crippen LogP contribution is 2.55. The van der Waals surface area contributed by atoms with Gasteiger partial charge < -0.3 is 15.4 Å². The van der Waals surface area contributed by atoms with Crippen LogP contribution in [-0.4, -0.2) is 34.5 Å². The van der Waals surface area contributed by atoms with Crippen LogP contribution in [0.1, 0.15) is 16.8 Å². The van der Waals surface area contributed by atoms with Crippen LogP contribution in [-0.2, 0) is 14.3 Å². The maximum absolute atomic E-state index is 13.4. The monoisotopic (exact) mass is 406 g/mol. The van der Waals surface area contributed by atoms with E-state index < -0.39 is 4.75 Å². The van der Waals surface area contributed by atoms with Crippen molar-refractivity contribution in [1.82, 2.24) is 9.78 Å². The van der Waals surface area contributed by atoms with Crippen LogP contribution in [0.25, 0.3) is 5.69 Å². The van der Waals surface area contributed by atoms with Crippen molar-refractivity contribution in [3.8, 4) is 11.4 Å². The van der Waals surface area contributed by atoms with Gasteiger partial charge in [0.25, 0.3) is 0 Å². The Morgan fingerprint density at radius 3 is 2.69 bits per heavy atom. The molecule has 0 saturated carbocycles. The van der Waals surface area contributed by atoms with Gasteiger partial charge in [-0.05, 0) is 37.3 Å². The molecule has 0 saturated heterocycles. The fourth-order valence-electron chi connectivity index (χ4n) is 4.01. The van der Waals surface area contributed by atoms with Crippen molar-refractivity contribution in [3.63, 3.8) is 0 Å². The fraction of sp³-hybridized carbons (Fsp3) is 0.190. The van der Waals surface area contributed by atoms with Gasteiger partial charge in [-0.1, -0.05) is 18.2 Å². The smallest absolute Gasteiger partial charge is 0.250 e. The molecule has 0 fully saturated rings. The molecular formula is C21H18N4O3S. The first kappa shape index (κ1) is 17.8. The van der Waals surface area contributed by atoms with E-state index in [1.54, 1.807) is 11.8 Å². The van der Waals surface area contributed by atoms with Crippen molar-refractivity contribution in [2.45, 2.75) is 11.7 Å². The largest absolute Gasteiger partial charge is 0.497 e. The first-order valence-corrected chi connectivity index (χ1v) is 10.1. The number of fused-ring (bicyclic) bond motifs is 4. The second-order valence-electron chi connectivity index (χ2n) is 6.94. The van der Waals surface area contributed by atoms with Gasteiger partial charge in [-0.25, -0.2) is 4.68 Å². The number of ether oxygens (including phenoxy) is 1. The third kappa shape index (κ3) is 2.49. The zero-order valence-electron chi connectivity index (χ0n) is 15.9. The van der Waals surface area contributed by atoms with E-state index in [2.05, 4.69) is 15.7 Å². The molecule has 5 rings (SSSR count). The zero-order chi connectivity index (χ0) is 20.2. The van der Waals surface area contributed by atoms with Crippen LogP contribution in [0.4, 0.5) is 11.5 Å². The van der Waals surface area contributed by atoms with Crippen LogP contribution in [0.15, 0.2) is 48.5 Å². The number of hydrogen-bond acceptors (Lipinski definition) is 5. The Labute approximate surface area is 171 Å². The molecule has 2 N–H and O–H groups in total. The van der Waals surface area contributed by atoms with E-state index >= 15 is 0 Å². The van der Waals surface area contributed by atoms with E-state index in [4.69, 9.17) is 4.74 Å². The molecule has 1 aromatic heterocycles. The summed E-state index contributed by atoms with van der Waals surface area (Å²) < 4.78 is 6.01. The summed E-state index contributed by atoms with van der Waals surface area (Å²) in [5, 5.41) is 10.6. The van der Waals surface area contributed by atoms with Gasteiger partial charge in [0, 0.05) is 16.8 Å². The van der Waals surface area contributed by atoms with Crippen molar-refractivity contribution < 1.29 is 14.3 Å². The average Bonchev–Trinajstić information content (AvgIpc) is 3.13. The minimum Gasteiger partial charge on any atom is -0.497 e. The summed E-state index contributed by atoms with van der Waals surface area (Å²) in [5.74, 6) is 0.967. The molecule has 146 valence electrons. The first-order valence-electron chi connectivity index (χ1n) is 9.14. The number of aryl methyl sites for hydroxylation is 1. The van der Waals surface area contributed by atoms with Crippen LogP contribution in [0.3, 0.4) is 0 Å². The van der Waals surface area contributed by atoms with Crippen molar-refractivity contribution in [3.05, 3.63) is 65.4 Å². The minimum absolute atomic E-state index is 0.146. The molecule has 3 aromatic rings. The summed E-state index contributed by atoms with van der Waals surface area (Å²) in [6.45, 7) is 1.86. The molecule has 2 aliphatic rings. The zero-order valence-corrected chi connectivity index (χ0v) is 16.7. The molecule has 0 aliphatic carbocycles. The summed E-state index contributed by atoms with van der Waals surface area (Å²) in [6, 6.07) is 15.1. The van der Waals surface area contributed by atoms with Crippen molar-refractivity contribution in [2.24, 2.45) is 0 Å². The number of aromatic nitrogens is 2. The molecule has 1 unspecified atom stereocenters. The molecule has 2 amide bonds. The lowest BCUT2D eigenvalue weighted by molar-refractivity contribution is -0.117. The lowest BCUT2D eigenvalue weighted by Gasteiger charge is -2.25. The summed E-state index contributed by atoms with van der Waals surface area (Å²) >= 11 is 1.30. The maximum atomic E-state index is 13.4. The molecular weight excluding hydrogens is 388 g/mol. The van der Waals surface area contributed by atoms with E-state index in [0.29, 0.717) is 22.8 Å². The normalized spacial score (nSPS) is 19.9. The highest BCUT2D eigenvalue weighted by atomic mass is 32.2. The van der Waals surface area contributed by atoms with Crippen LogP contribution in [0, 0.1) is 6.92 Å². The van der Waals surface area contributed by atoms with E-state index in [-0.39, 0.29) is 17.6 Å². The lowest BCUT2D eigenvalue weighted by Crippen LogP contribution is -2.33. The van der Waals surface area contributed by atoms with Gasteiger partial charge in [0.15, 0.2) is 4.75 Å². The number of hydrogen-bond donors (Lipinski definition) is 2. The van der Waals surface area contributed by atoms with Crippen molar-refractivity contribution in [1.29, 1.82) is 0 Å². The van der Waals surface area contributed by atoms with E-state index in [9.17, 15) is 9.59 Å². The Balaban J connectivity index is 1.82. The first-order chi connectivity index (χ1) is 14.0. The number of anilines is 2. The molecule has 8 heteroatoms. The van der Waals surface area contributed by atoms with Crippen LogP contribution in [0.5, 0.6) is 5.75 Å². The Hall–Kier alpha value is -3.26. The Bertz CT molecular complexity index is 1160. The molecule has 2 aromatic carbocycles. The Morgan fingerprint density at radius 2 is 1.93 bits per heavy atom. The molecule has 1 spiro atoms. The van der Waals surface area contributed by atoms with Crippen molar-refractivity contribution >= 4 is 35.1 Å².